The molecule has 0 radical (unpaired) electrons. The number of carbonyl (C=O) groups excluding carboxylic acids is 2. The lowest BCUT2D eigenvalue weighted by atomic mass is 9.92. The topological polar surface area (TPSA) is 113 Å². The minimum atomic E-state index is -0.816. The fourth-order valence-electron chi connectivity index (χ4n) is 3.61. The summed E-state index contributed by atoms with van der Waals surface area (Å²) in [6.45, 7) is 1.67. The smallest absolute Gasteiger partial charge is 0.232 e. The van der Waals surface area contributed by atoms with Crippen LogP contribution in [0.2, 0.25) is 0 Å². The third-order valence-electron chi connectivity index (χ3n) is 5.03. The van der Waals surface area contributed by atoms with Crippen LogP contribution in [0.4, 0.5) is 27.7 Å². The zero-order chi connectivity index (χ0) is 19.7. The van der Waals surface area contributed by atoms with Crippen molar-refractivity contribution in [3.63, 3.8) is 0 Å². The number of aromatic nitrogens is 2. The largest absolute Gasteiger partial charge is 0.383 e. The van der Waals surface area contributed by atoms with E-state index in [0.717, 1.165) is 25.9 Å². The van der Waals surface area contributed by atoms with E-state index in [0.29, 0.717) is 17.2 Å². The van der Waals surface area contributed by atoms with Crippen LogP contribution >= 0.6 is 0 Å². The number of hydrogen-bond acceptors (Lipinski definition) is 6. The number of carbonyl (C=O) groups is 2. The van der Waals surface area contributed by atoms with E-state index in [1.165, 1.54) is 30.7 Å². The fraction of sp³-hybridized carbons (Fsp3) is 0.368. The van der Waals surface area contributed by atoms with E-state index in [2.05, 4.69) is 20.6 Å². The molecule has 0 aliphatic carbocycles. The zero-order valence-corrected chi connectivity index (χ0v) is 15.2. The summed E-state index contributed by atoms with van der Waals surface area (Å²) in [5.41, 5.74) is 7.03. The SMILES string of the molecule is Nc1nc(N2CCCCC2)nc2c1[C@H](C(=O)Nc1ccc(F)cc1)CC(=O)N2. The van der Waals surface area contributed by atoms with Gasteiger partial charge in [0.25, 0.3) is 0 Å². The number of rotatable bonds is 3. The Morgan fingerprint density at radius 3 is 2.61 bits per heavy atom. The minimum absolute atomic E-state index is 0.0589. The molecule has 1 saturated heterocycles. The molecule has 2 aliphatic rings. The predicted octanol–water partition coefficient (Wildman–Crippen LogP) is 2.25. The van der Waals surface area contributed by atoms with E-state index in [-0.39, 0.29) is 24.0 Å². The summed E-state index contributed by atoms with van der Waals surface area (Å²) in [4.78, 5) is 35.9. The van der Waals surface area contributed by atoms with Crippen molar-refractivity contribution >= 4 is 35.1 Å². The van der Waals surface area contributed by atoms with Gasteiger partial charge in [-0.2, -0.15) is 9.97 Å². The maximum absolute atomic E-state index is 13.1. The van der Waals surface area contributed by atoms with Crippen molar-refractivity contribution in [2.75, 3.05) is 34.4 Å². The van der Waals surface area contributed by atoms with Crippen LogP contribution in [-0.2, 0) is 9.59 Å². The molecular weight excluding hydrogens is 363 g/mol. The molecule has 4 N–H and O–H groups in total. The third kappa shape index (κ3) is 3.60. The number of benzene rings is 1. The normalized spacial score (nSPS) is 19.0. The van der Waals surface area contributed by atoms with Gasteiger partial charge >= 0.3 is 0 Å². The molecule has 28 heavy (non-hydrogen) atoms. The Labute approximate surface area is 161 Å². The zero-order valence-electron chi connectivity index (χ0n) is 15.2. The first-order valence-corrected chi connectivity index (χ1v) is 9.30. The number of nitrogen functional groups attached to an aromatic ring is 1. The highest BCUT2D eigenvalue weighted by molar-refractivity contribution is 6.05. The molecule has 146 valence electrons. The summed E-state index contributed by atoms with van der Waals surface area (Å²) in [5.74, 6) is -1.00. The number of nitrogens with one attached hydrogen (secondary N) is 2. The molecule has 3 heterocycles. The van der Waals surface area contributed by atoms with Crippen LogP contribution in [0, 0.1) is 5.82 Å². The lowest BCUT2D eigenvalue weighted by molar-refractivity contribution is -0.123. The Morgan fingerprint density at radius 1 is 1.18 bits per heavy atom. The summed E-state index contributed by atoms with van der Waals surface area (Å²) >= 11 is 0. The summed E-state index contributed by atoms with van der Waals surface area (Å²) < 4.78 is 13.1. The number of halogens is 1. The van der Waals surface area contributed by atoms with Gasteiger partial charge in [-0.15, -0.1) is 0 Å². The van der Waals surface area contributed by atoms with Gasteiger partial charge in [0.05, 0.1) is 11.5 Å². The number of piperidine rings is 1. The van der Waals surface area contributed by atoms with Crippen LogP contribution in [-0.4, -0.2) is 34.9 Å². The van der Waals surface area contributed by atoms with E-state index in [1.54, 1.807) is 0 Å². The number of amides is 2. The highest BCUT2D eigenvalue weighted by Crippen LogP contribution is 2.36. The summed E-state index contributed by atoms with van der Waals surface area (Å²) in [6, 6.07) is 5.41. The van der Waals surface area contributed by atoms with E-state index in [9.17, 15) is 14.0 Å². The van der Waals surface area contributed by atoms with Crippen molar-refractivity contribution < 1.29 is 14.0 Å². The summed E-state index contributed by atoms with van der Waals surface area (Å²) in [7, 11) is 0. The van der Waals surface area contributed by atoms with Crippen molar-refractivity contribution in [1.29, 1.82) is 0 Å². The average Bonchev–Trinajstić information content (AvgIpc) is 2.69. The molecule has 1 aromatic heterocycles. The Hall–Kier alpha value is -3.23. The molecule has 0 saturated carbocycles. The van der Waals surface area contributed by atoms with Crippen molar-refractivity contribution in [3.8, 4) is 0 Å². The molecule has 0 bridgehead atoms. The van der Waals surface area contributed by atoms with Crippen LogP contribution in [0.5, 0.6) is 0 Å². The predicted molar refractivity (Wildman–Crippen MR) is 104 cm³/mol. The van der Waals surface area contributed by atoms with Crippen molar-refractivity contribution in [2.45, 2.75) is 31.6 Å². The van der Waals surface area contributed by atoms with Gasteiger partial charge in [-0.25, -0.2) is 4.39 Å². The van der Waals surface area contributed by atoms with Crippen LogP contribution in [0.3, 0.4) is 0 Å². The maximum atomic E-state index is 13.1. The molecule has 1 fully saturated rings. The molecular formula is C19H21FN6O2. The Kier molecular flexibility index (Phi) is 4.81. The van der Waals surface area contributed by atoms with E-state index >= 15 is 0 Å². The average molecular weight is 384 g/mol. The third-order valence-corrected chi connectivity index (χ3v) is 5.03. The second-order valence-corrected chi connectivity index (χ2v) is 7.02. The number of nitrogens with zero attached hydrogens (tertiary/aromatic N) is 3. The van der Waals surface area contributed by atoms with Crippen LogP contribution in [0.15, 0.2) is 24.3 Å². The maximum Gasteiger partial charge on any atom is 0.232 e. The Morgan fingerprint density at radius 2 is 1.89 bits per heavy atom. The molecule has 2 aliphatic heterocycles. The monoisotopic (exact) mass is 384 g/mol. The van der Waals surface area contributed by atoms with E-state index < -0.39 is 17.6 Å². The molecule has 9 heteroatoms. The Bertz CT molecular complexity index is 911. The molecule has 0 unspecified atom stereocenters. The highest BCUT2D eigenvalue weighted by Gasteiger charge is 2.35. The van der Waals surface area contributed by atoms with Gasteiger partial charge in [0.15, 0.2) is 0 Å². The van der Waals surface area contributed by atoms with Crippen LogP contribution in [0.1, 0.15) is 37.2 Å². The first-order chi connectivity index (χ1) is 13.5. The lowest BCUT2D eigenvalue weighted by Gasteiger charge is -2.30. The molecule has 4 rings (SSSR count). The van der Waals surface area contributed by atoms with Gasteiger partial charge in [-0.05, 0) is 43.5 Å². The molecule has 1 atom stereocenters. The lowest BCUT2D eigenvalue weighted by Crippen LogP contribution is -2.35. The van der Waals surface area contributed by atoms with Gasteiger partial charge in [0, 0.05) is 25.2 Å². The van der Waals surface area contributed by atoms with Crippen LogP contribution < -0.4 is 21.3 Å². The number of fused-ring (bicyclic) bond motifs is 1. The van der Waals surface area contributed by atoms with Gasteiger partial charge in [0.1, 0.15) is 17.5 Å². The quantitative estimate of drug-likeness (QED) is 0.748. The van der Waals surface area contributed by atoms with Crippen molar-refractivity contribution in [1.82, 2.24) is 9.97 Å². The van der Waals surface area contributed by atoms with Crippen molar-refractivity contribution in [2.24, 2.45) is 0 Å². The second kappa shape index (κ2) is 7.41. The van der Waals surface area contributed by atoms with Gasteiger partial charge in [0.2, 0.25) is 17.8 Å². The molecule has 2 amide bonds. The highest BCUT2D eigenvalue weighted by atomic mass is 19.1. The standard InChI is InChI=1S/C19H21FN6O2/c20-11-4-6-12(7-5-11)22-18(28)13-10-14(27)23-17-15(13)16(21)24-19(25-17)26-8-2-1-3-9-26/h4-7,13H,1-3,8-10H2,(H,22,28)(H3,21,23,24,25,27)/t13-/m1/s1. The summed E-state index contributed by atoms with van der Waals surface area (Å²) in [6.07, 6.45) is 3.21. The van der Waals surface area contributed by atoms with Crippen molar-refractivity contribution in [3.05, 3.63) is 35.6 Å². The fourth-order valence-corrected chi connectivity index (χ4v) is 3.61. The molecule has 8 nitrogen and oxygen atoms in total. The van der Waals surface area contributed by atoms with Crippen LogP contribution in [0.25, 0.3) is 0 Å². The number of nitrogens with two attached hydrogens (primary N) is 1. The summed E-state index contributed by atoms with van der Waals surface area (Å²) in [5, 5.41) is 5.41. The molecule has 0 spiro atoms. The molecule has 1 aromatic carbocycles. The minimum Gasteiger partial charge on any atom is -0.383 e. The Balaban J connectivity index is 1.63. The second-order valence-electron chi connectivity index (χ2n) is 7.02. The first kappa shape index (κ1) is 18.1. The van der Waals surface area contributed by atoms with E-state index in [1.807, 2.05) is 4.90 Å². The van der Waals surface area contributed by atoms with Gasteiger partial charge in [-0.3, -0.25) is 9.59 Å². The molecule has 2 aromatic rings. The number of anilines is 4. The first-order valence-electron chi connectivity index (χ1n) is 9.30. The number of hydrogen-bond donors (Lipinski definition) is 3. The van der Waals surface area contributed by atoms with Gasteiger partial charge < -0.3 is 21.3 Å². The van der Waals surface area contributed by atoms with E-state index in [4.69, 9.17) is 5.73 Å². The van der Waals surface area contributed by atoms with Gasteiger partial charge in [-0.1, -0.05) is 0 Å².